The van der Waals surface area contributed by atoms with Gasteiger partial charge in [0.2, 0.25) is 0 Å². The topological polar surface area (TPSA) is 35.5 Å². The number of carbonyl (C=O) groups excluding carboxylic acids is 1. The SMILES string of the molecule is CB1OC/C(=C2\CC[C@H]3[C@@H]4CC[C@H]5CC(=O)CC[C@]5(C)[C@H]4CC[C@]23C)O1. The molecule has 0 N–H and O–H groups in total. The standard InChI is InChI=1S/C22H33BO3/c1-21-10-8-15(24)12-14(21)4-5-16-17-6-7-19(20-13-25-23(3)26-20)22(17,2)11-9-18(16)21/h14,16-18H,4-13H2,1-3H3/b20-19-/t14-,16-,17-,18-,21-,22-/m0/s1. The van der Waals surface area contributed by atoms with Crippen LogP contribution in [0.3, 0.4) is 0 Å². The Morgan fingerprint density at radius 2 is 1.88 bits per heavy atom. The van der Waals surface area contributed by atoms with Gasteiger partial charge in [0.1, 0.15) is 11.5 Å². The second-order valence-electron chi connectivity index (χ2n) is 10.3. The molecule has 142 valence electrons. The molecule has 26 heavy (non-hydrogen) atoms. The van der Waals surface area contributed by atoms with Crippen LogP contribution in [0.2, 0.25) is 6.82 Å². The third kappa shape index (κ3) is 2.33. The normalized spacial score (nSPS) is 50.9. The van der Waals surface area contributed by atoms with Crippen molar-refractivity contribution < 1.29 is 14.1 Å². The van der Waals surface area contributed by atoms with Crippen LogP contribution in [0.4, 0.5) is 0 Å². The molecule has 1 saturated heterocycles. The first-order valence-electron chi connectivity index (χ1n) is 10.9. The molecule has 0 amide bonds. The van der Waals surface area contributed by atoms with Crippen LogP contribution in [0.1, 0.15) is 71.6 Å². The molecule has 4 aliphatic carbocycles. The Hall–Kier alpha value is -0.765. The van der Waals surface area contributed by atoms with Crippen LogP contribution in [-0.2, 0) is 14.1 Å². The van der Waals surface area contributed by atoms with Crippen molar-refractivity contribution in [2.75, 3.05) is 6.61 Å². The van der Waals surface area contributed by atoms with Gasteiger partial charge >= 0.3 is 7.12 Å². The van der Waals surface area contributed by atoms with Crippen LogP contribution in [0, 0.1) is 34.5 Å². The van der Waals surface area contributed by atoms with Gasteiger partial charge in [-0.15, -0.1) is 0 Å². The van der Waals surface area contributed by atoms with Gasteiger partial charge in [-0.05, 0) is 91.8 Å². The number of fused-ring (bicyclic) bond motifs is 5. The van der Waals surface area contributed by atoms with Crippen molar-refractivity contribution in [1.29, 1.82) is 0 Å². The predicted octanol–water partition coefficient (Wildman–Crippen LogP) is 5.02. The van der Waals surface area contributed by atoms with Crippen molar-refractivity contribution >= 4 is 12.9 Å². The van der Waals surface area contributed by atoms with E-state index in [2.05, 4.69) is 13.8 Å². The zero-order valence-electron chi connectivity index (χ0n) is 16.7. The minimum Gasteiger partial charge on any atom is -0.538 e. The third-order valence-corrected chi connectivity index (χ3v) is 9.36. The van der Waals surface area contributed by atoms with Crippen molar-refractivity contribution in [2.24, 2.45) is 34.5 Å². The molecule has 0 aromatic rings. The number of hydrogen-bond donors (Lipinski definition) is 0. The quantitative estimate of drug-likeness (QED) is 0.572. The molecule has 3 nitrogen and oxygen atoms in total. The molecule has 5 aliphatic rings. The van der Waals surface area contributed by atoms with Crippen LogP contribution in [-0.4, -0.2) is 19.5 Å². The van der Waals surface area contributed by atoms with Gasteiger partial charge in [-0.25, -0.2) is 0 Å². The first kappa shape index (κ1) is 17.3. The summed E-state index contributed by atoms with van der Waals surface area (Å²) in [5.74, 6) is 4.81. The van der Waals surface area contributed by atoms with Gasteiger partial charge in [-0.3, -0.25) is 4.79 Å². The maximum atomic E-state index is 12.0. The largest absolute Gasteiger partial charge is 0.538 e. The highest BCUT2D eigenvalue weighted by Gasteiger charge is 2.59. The lowest BCUT2D eigenvalue weighted by molar-refractivity contribution is -0.136. The van der Waals surface area contributed by atoms with E-state index in [1.807, 2.05) is 6.82 Å². The van der Waals surface area contributed by atoms with Crippen LogP contribution in [0.15, 0.2) is 11.3 Å². The van der Waals surface area contributed by atoms with Crippen molar-refractivity contribution in [1.82, 2.24) is 0 Å². The van der Waals surface area contributed by atoms with Crippen molar-refractivity contribution in [3.63, 3.8) is 0 Å². The van der Waals surface area contributed by atoms with E-state index in [0.717, 1.165) is 42.8 Å². The average molecular weight is 356 g/mol. The molecule has 0 aromatic carbocycles. The Bertz CT molecular complexity index is 658. The van der Waals surface area contributed by atoms with Gasteiger partial charge in [0, 0.05) is 12.8 Å². The Morgan fingerprint density at radius 3 is 2.65 bits per heavy atom. The van der Waals surface area contributed by atoms with E-state index in [9.17, 15) is 4.79 Å². The highest BCUT2D eigenvalue weighted by molar-refractivity contribution is 6.43. The summed E-state index contributed by atoms with van der Waals surface area (Å²) in [4.78, 5) is 12.0. The van der Waals surface area contributed by atoms with E-state index in [1.54, 1.807) is 5.57 Å². The summed E-state index contributed by atoms with van der Waals surface area (Å²) in [5.41, 5.74) is 2.31. The number of rotatable bonds is 0. The lowest BCUT2D eigenvalue weighted by Gasteiger charge is -2.59. The number of allylic oxidation sites excluding steroid dienone is 1. The molecule has 0 unspecified atom stereocenters. The van der Waals surface area contributed by atoms with Crippen LogP contribution < -0.4 is 0 Å². The molecule has 1 heterocycles. The summed E-state index contributed by atoms with van der Waals surface area (Å²) in [7, 11) is -0.0781. The predicted molar refractivity (Wildman–Crippen MR) is 102 cm³/mol. The highest BCUT2D eigenvalue weighted by Crippen LogP contribution is 2.67. The lowest BCUT2D eigenvalue weighted by atomic mass is 9.45. The molecule has 1 aliphatic heterocycles. The van der Waals surface area contributed by atoms with E-state index < -0.39 is 0 Å². The molecule has 6 atom stereocenters. The molecule has 5 rings (SSSR count). The van der Waals surface area contributed by atoms with E-state index >= 15 is 0 Å². The number of hydrogen-bond acceptors (Lipinski definition) is 3. The van der Waals surface area contributed by atoms with Gasteiger partial charge in [-0.2, -0.15) is 0 Å². The summed E-state index contributed by atoms with van der Waals surface area (Å²) in [6.07, 6.45) is 10.6. The summed E-state index contributed by atoms with van der Waals surface area (Å²) in [6.45, 7) is 7.74. The fraction of sp³-hybridized carbons (Fsp3) is 0.864. The molecule has 4 heteroatoms. The molecule has 5 fully saturated rings. The third-order valence-electron chi connectivity index (χ3n) is 9.36. The zero-order valence-corrected chi connectivity index (χ0v) is 16.7. The smallest absolute Gasteiger partial charge is 0.522 e. The maximum Gasteiger partial charge on any atom is 0.522 e. The summed E-state index contributed by atoms with van der Waals surface area (Å²) < 4.78 is 11.7. The van der Waals surface area contributed by atoms with Crippen molar-refractivity contribution in [2.45, 2.75) is 78.5 Å². The van der Waals surface area contributed by atoms with Crippen LogP contribution in [0.5, 0.6) is 0 Å². The monoisotopic (exact) mass is 356 g/mol. The summed E-state index contributed by atoms with van der Waals surface area (Å²) in [6, 6.07) is 0. The molecular formula is C22H33BO3. The summed E-state index contributed by atoms with van der Waals surface area (Å²) in [5, 5.41) is 0. The van der Waals surface area contributed by atoms with Crippen LogP contribution >= 0.6 is 0 Å². The van der Waals surface area contributed by atoms with E-state index in [-0.39, 0.29) is 7.12 Å². The molecular weight excluding hydrogens is 323 g/mol. The van der Waals surface area contributed by atoms with Gasteiger partial charge in [0.05, 0.1) is 6.61 Å². The second-order valence-corrected chi connectivity index (χ2v) is 10.3. The Morgan fingerprint density at radius 1 is 1.04 bits per heavy atom. The first-order valence-corrected chi connectivity index (χ1v) is 10.9. The lowest BCUT2D eigenvalue weighted by Crippen LogP contribution is -2.53. The van der Waals surface area contributed by atoms with E-state index in [4.69, 9.17) is 9.31 Å². The average Bonchev–Trinajstić information content (AvgIpc) is 3.18. The Balaban J connectivity index is 1.44. The number of Topliss-reactive ketones (excluding diaryl/α,β-unsaturated/α-hetero) is 1. The van der Waals surface area contributed by atoms with Gasteiger partial charge in [0.25, 0.3) is 0 Å². The number of ketones is 1. The van der Waals surface area contributed by atoms with Gasteiger partial charge in [0.15, 0.2) is 0 Å². The molecule has 0 radical (unpaired) electrons. The van der Waals surface area contributed by atoms with Gasteiger partial charge in [-0.1, -0.05) is 13.8 Å². The second kappa shape index (κ2) is 5.86. The van der Waals surface area contributed by atoms with E-state index in [0.29, 0.717) is 29.1 Å². The Labute approximate surface area is 158 Å². The molecule has 0 bridgehead atoms. The minimum atomic E-state index is -0.0781. The highest BCUT2D eigenvalue weighted by atomic mass is 16.6. The van der Waals surface area contributed by atoms with Crippen molar-refractivity contribution in [3.05, 3.63) is 11.3 Å². The van der Waals surface area contributed by atoms with E-state index in [1.165, 1.54) is 38.5 Å². The fourth-order valence-electron chi connectivity index (χ4n) is 7.94. The Kier molecular flexibility index (Phi) is 3.91. The fourth-order valence-corrected chi connectivity index (χ4v) is 7.94. The zero-order chi connectivity index (χ0) is 18.1. The molecule has 0 spiro atoms. The van der Waals surface area contributed by atoms with Crippen molar-refractivity contribution in [3.8, 4) is 0 Å². The first-order chi connectivity index (χ1) is 12.4. The molecule has 4 saturated carbocycles. The number of carbonyl (C=O) groups is 1. The maximum absolute atomic E-state index is 12.0. The molecule has 0 aromatic heterocycles. The van der Waals surface area contributed by atoms with Crippen LogP contribution in [0.25, 0.3) is 0 Å². The minimum absolute atomic E-state index is 0.0781. The van der Waals surface area contributed by atoms with Gasteiger partial charge < -0.3 is 9.31 Å². The summed E-state index contributed by atoms with van der Waals surface area (Å²) >= 11 is 0.